The molecule has 0 heterocycles. The second kappa shape index (κ2) is 27.5. The van der Waals surface area contributed by atoms with Gasteiger partial charge in [0.25, 0.3) is 0 Å². The van der Waals surface area contributed by atoms with Gasteiger partial charge in [-0.3, -0.25) is 14.4 Å². The minimum absolute atomic E-state index is 0.257. The molecule has 0 aromatic carbocycles. The minimum Gasteiger partial charge on any atom is -0.357 e. The summed E-state index contributed by atoms with van der Waals surface area (Å²) >= 11 is 0. The highest BCUT2D eigenvalue weighted by atomic mass is 16.2. The zero-order chi connectivity index (χ0) is 29.8. The largest absolute Gasteiger partial charge is 0.357 e. The van der Waals surface area contributed by atoms with Crippen molar-refractivity contribution >= 4 is 17.7 Å². The lowest BCUT2D eigenvalue weighted by molar-refractivity contribution is -0.132. The van der Waals surface area contributed by atoms with Crippen LogP contribution >= 0.6 is 0 Å². The molecule has 0 bridgehead atoms. The van der Waals surface area contributed by atoms with Crippen molar-refractivity contribution in [3.05, 3.63) is 0 Å². The number of nitrogens with one attached hydrogen (secondary N) is 3. The smallest absolute Gasteiger partial charge is 0.243 e. The fourth-order valence-electron chi connectivity index (χ4n) is 4.94. The molecular formula is C31H64N6O3. The Morgan fingerprint density at radius 2 is 0.900 bits per heavy atom. The SMILES string of the molecule is CCCCCCCCCCCCCCCCC(N)C(=O)N[C@@H](CCCCN)C(=O)N[C@@H](CCCCN)C(=O)NC. The Morgan fingerprint density at radius 3 is 1.32 bits per heavy atom. The van der Waals surface area contributed by atoms with E-state index < -0.39 is 18.1 Å². The van der Waals surface area contributed by atoms with E-state index in [0.29, 0.717) is 38.8 Å². The van der Waals surface area contributed by atoms with Gasteiger partial charge in [-0.25, -0.2) is 0 Å². The molecule has 0 aromatic rings. The first-order valence-corrected chi connectivity index (χ1v) is 16.4. The van der Waals surface area contributed by atoms with E-state index in [-0.39, 0.29) is 17.7 Å². The summed E-state index contributed by atoms with van der Waals surface area (Å²) in [6.07, 6.45) is 22.4. The second-order valence-corrected chi connectivity index (χ2v) is 11.3. The van der Waals surface area contributed by atoms with Crippen molar-refractivity contribution in [2.75, 3.05) is 20.1 Å². The van der Waals surface area contributed by atoms with Crippen LogP contribution in [0.4, 0.5) is 0 Å². The van der Waals surface area contributed by atoms with Crippen LogP contribution in [0.1, 0.15) is 142 Å². The van der Waals surface area contributed by atoms with Gasteiger partial charge in [0, 0.05) is 7.05 Å². The number of carbonyl (C=O) groups excluding carboxylic acids is 3. The molecule has 236 valence electrons. The Morgan fingerprint density at radius 1 is 0.525 bits per heavy atom. The summed E-state index contributed by atoms with van der Waals surface area (Å²) in [4.78, 5) is 38.1. The van der Waals surface area contributed by atoms with Gasteiger partial charge in [0.15, 0.2) is 0 Å². The van der Waals surface area contributed by atoms with Gasteiger partial charge >= 0.3 is 0 Å². The highest BCUT2D eigenvalue weighted by Gasteiger charge is 2.27. The fraction of sp³-hybridized carbons (Fsp3) is 0.903. The van der Waals surface area contributed by atoms with Gasteiger partial charge in [0.05, 0.1) is 6.04 Å². The maximum absolute atomic E-state index is 13.1. The summed E-state index contributed by atoms with van der Waals surface area (Å²) in [5.41, 5.74) is 17.4. The number of nitrogens with two attached hydrogens (primary N) is 3. The molecule has 3 atom stereocenters. The van der Waals surface area contributed by atoms with Gasteiger partial charge in [-0.15, -0.1) is 0 Å². The molecule has 1 unspecified atom stereocenters. The standard InChI is InChI=1S/C31H64N6O3/c1-3-4-5-6-7-8-9-10-11-12-13-14-15-16-21-26(34)29(38)36-28(23-18-20-25-33)31(40)37-27(30(39)35-2)22-17-19-24-32/h26-28H,3-25,32-34H2,1-2H3,(H,35,39)(H,36,38)(H,37,40)/t26?,27-,28-/m0/s1. The average molecular weight is 569 g/mol. The Balaban J connectivity index is 4.35. The molecule has 0 spiro atoms. The van der Waals surface area contributed by atoms with Gasteiger partial charge in [0.1, 0.15) is 12.1 Å². The molecule has 0 saturated heterocycles. The Labute approximate surface area is 245 Å². The monoisotopic (exact) mass is 569 g/mol. The third-order valence-electron chi connectivity index (χ3n) is 7.61. The van der Waals surface area contributed by atoms with Crippen LogP contribution in [0.2, 0.25) is 0 Å². The summed E-state index contributed by atoms with van der Waals surface area (Å²) in [6.45, 7) is 3.31. The number of amides is 3. The summed E-state index contributed by atoms with van der Waals surface area (Å²) < 4.78 is 0. The Kier molecular flexibility index (Phi) is 26.3. The van der Waals surface area contributed by atoms with Crippen LogP contribution < -0.4 is 33.2 Å². The van der Waals surface area contributed by atoms with Crippen molar-refractivity contribution in [1.82, 2.24) is 16.0 Å². The number of unbranched alkanes of at least 4 members (excludes halogenated alkanes) is 15. The summed E-state index contributed by atoms with van der Waals surface area (Å²) in [5, 5.41) is 8.25. The predicted octanol–water partition coefficient (Wildman–Crippen LogP) is 4.16. The topological polar surface area (TPSA) is 165 Å². The van der Waals surface area contributed by atoms with E-state index in [9.17, 15) is 14.4 Å². The zero-order valence-corrected chi connectivity index (χ0v) is 26.0. The Hall–Kier alpha value is -1.71. The zero-order valence-electron chi connectivity index (χ0n) is 26.0. The highest BCUT2D eigenvalue weighted by molar-refractivity contribution is 5.92. The van der Waals surface area contributed by atoms with E-state index in [0.717, 1.165) is 32.1 Å². The van der Waals surface area contributed by atoms with Crippen LogP contribution in [0, 0.1) is 0 Å². The Bertz CT molecular complexity index is 634. The number of hydrogen-bond donors (Lipinski definition) is 6. The maximum Gasteiger partial charge on any atom is 0.243 e. The van der Waals surface area contributed by atoms with E-state index in [4.69, 9.17) is 17.2 Å². The fourth-order valence-corrected chi connectivity index (χ4v) is 4.94. The van der Waals surface area contributed by atoms with Gasteiger partial charge in [-0.2, -0.15) is 0 Å². The van der Waals surface area contributed by atoms with Crippen molar-refractivity contribution in [2.45, 2.75) is 160 Å². The van der Waals surface area contributed by atoms with Crippen LogP contribution in [0.25, 0.3) is 0 Å². The molecule has 0 aliphatic rings. The quantitative estimate of drug-likeness (QED) is 0.0776. The molecule has 0 aliphatic carbocycles. The van der Waals surface area contributed by atoms with Gasteiger partial charge < -0.3 is 33.2 Å². The van der Waals surface area contributed by atoms with Gasteiger partial charge in [-0.05, 0) is 58.0 Å². The molecule has 0 aliphatic heterocycles. The van der Waals surface area contributed by atoms with Crippen LogP contribution in [-0.4, -0.2) is 56.0 Å². The van der Waals surface area contributed by atoms with E-state index in [1.165, 1.54) is 77.0 Å². The maximum atomic E-state index is 13.1. The van der Waals surface area contributed by atoms with E-state index in [1.807, 2.05) is 0 Å². The van der Waals surface area contributed by atoms with Crippen molar-refractivity contribution in [1.29, 1.82) is 0 Å². The number of hydrogen-bond acceptors (Lipinski definition) is 6. The number of carbonyl (C=O) groups is 3. The molecular weight excluding hydrogens is 504 g/mol. The van der Waals surface area contributed by atoms with Crippen molar-refractivity contribution in [3.63, 3.8) is 0 Å². The van der Waals surface area contributed by atoms with Gasteiger partial charge in [-0.1, -0.05) is 96.8 Å². The molecule has 0 aromatic heterocycles. The predicted molar refractivity (Wildman–Crippen MR) is 167 cm³/mol. The first kappa shape index (κ1) is 38.3. The lowest BCUT2D eigenvalue weighted by Crippen LogP contribution is -2.55. The van der Waals surface area contributed by atoms with E-state index in [2.05, 4.69) is 22.9 Å². The lowest BCUT2D eigenvalue weighted by atomic mass is 10.0. The lowest BCUT2D eigenvalue weighted by Gasteiger charge is -2.24. The molecule has 0 rings (SSSR count). The van der Waals surface area contributed by atoms with Crippen molar-refractivity contribution in [2.24, 2.45) is 17.2 Å². The summed E-state index contributed by atoms with van der Waals surface area (Å²) in [5.74, 6) is -0.940. The third kappa shape index (κ3) is 21.1. The molecule has 9 N–H and O–H groups in total. The van der Waals surface area contributed by atoms with Crippen molar-refractivity contribution in [3.8, 4) is 0 Å². The van der Waals surface area contributed by atoms with Crippen LogP contribution in [0.3, 0.4) is 0 Å². The van der Waals surface area contributed by atoms with Crippen molar-refractivity contribution < 1.29 is 14.4 Å². The van der Waals surface area contributed by atoms with E-state index in [1.54, 1.807) is 7.05 Å². The summed E-state index contributed by atoms with van der Waals surface area (Å²) in [7, 11) is 1.54. The molecule has 3 amide bonds. The molecule has 0 radical (unpaired) electrons. The van der Waals surface area contributed by atoms with Gasteiger partial charge in [0.2, 0.25) is 17.7 Å². The normalized spacial score (nSPS) is 13.4. The molecule has 0 fully saturated rings. The van der Waals surface area contributed by atoms with E-state index >= 15 is 0 Å². The number of rotatable bonds is 28. The highest BCUT2D eigenvalue weighted by Crippen LogP contribution is 2.14. The second-order valence-electron chi connectivity index (χ2n) is 11.3. The summed E-state index contributed by atoms with van der Waals surface area (Å²) in [6, 6.07) is -2.06. The third-order valence-corrected chi connectivity index (χ3v) is 7.61. The first-order chi connectivity index (χ1) is 19.4. The van der Waals surface area contributed by atoms with Crippen LogP contribution in [0.15, 0.2) is 0 Å². The molecule has 40 heavy (non-hydrogen) atoms. The van der Waals surface area contributed by atoms with Crippen LogP contribution in [-0.2, 0) is 14.4 Å². The molecule has 0 saturated carbocycles. The molecule has 9 nitrogen and oxygen atoms in total. The molecule has 9 heteroatoms. The number of likely N-dealkylation sites (N-methyl/N-ethyl adjacent to an activating group) is 1. The van der Waals surface area contributed by atoms with Crippen LogP contribution in [0.5, 0.6) is 0 Å². The first-order valence-electron chi connectivity index (χ1n) is 16.4. The minimum atomic E-state index is -0.747. The average Bonchev–Trinajstić information content (AvgIpc) is 2.95.